The van der Waals surface area contributed by atoms with E-state index in [9.17, 15) is 0 Å². The second-order valence-corrected chi connectivity index (χ2v) is 4.47. The Bertz CT molecular complexity index is 268. The van der Waals surface area contributed by atoms with Crippen LogP contribution in [0, 0.1) is 6.92 Å². The van der Waals surface area contributed by atoms with Gasteiger partial charge in [-0.1, -0.05) is 0 Å². The van der Waals surface area contributed by atoms with E-state index in [1.807, 2.05) is 18.7 Å². The summed E-state index contributed by atoms with van der Waals surface area (Å²) in [7, 11) is 0. The summed E-state index contributed by atoms with van der Waals surface area (Å²) < 4.78 is 5.16. The van der Waals surface area contributed by atoms with Crippen molar-refractivity contribution in [2.24, 2.45) is 0 Å². The Balaban J connectivity index is 1.89. The van der Waals surface area contributed by atoms with Crippen LogP contribution in [0.5, 0.6) is 0 Å². The van der Waals surface area contributed by atoms with Crippen LogP contribution in [0.3, 0.4) is 0 Å². The largest absolute Gasteiger partial charge is 0.449 e. The Hall–Kier alpha value is -0.480. The lowest BCUT2D eigenvalue weighted by Crippen LogP contribution is -2.32. The van der Waals surface area contributed by atoms with Crippen molar-refractivity contribution in [3.05, 3.63) is 17.8 Å². The van der Waals surface area contributed by atoms with Crippen LogP contribution in [0.4, 0.5) is 0 Å². The average molecular weight is 198 g/mol. The van der Waals surface area contributed by atoms with Gasteiger partial charge in [0.15, 0.2) is 5.89 Å². The van der Waals surface area contributed by atoms with E-state index in [1.165, 1.54) is 24.6 Å². The normalized spacial score (nSPS) is 19.2. The zero-order chi connectivity index (χ0) is 9.10. The number of oxazole rings is 1. The zero-order valence-corrected chi connectivity index (χ0v) is 8.64. The van der Waals surface area contributed by atoms with Crippen molar-refractivity contribution in [3.8, 4) is 0 Å². The van der Waals surface area contributed by atoms with E-state index in [0.717, 1.165) is 18.1 Å². The quantitative estimate of drug-likeness (QED) is 0.720. The molecule has 0 spiro atoms. The third-order valence-corrected chi connectivity index (χ3v) is 3.10. The van der Waals surface area contributed by atoms with Crippen molar-refractivity contribution >= 4 is 11.8 Å². The third-order valence-electron chi connectivity index (χ3n) is 2.16. The second kappa shape index (κ2) is 4.15. The number of aromatic nitrogens is 1. The van der Waals surface area contributed by atoms with Crippen molar-refractivity contribution in [2.75, 3.05) is 24.6 Å². The molecule has 0 atom stereocenters. The molecular weight excluding hydrogens is 184 g/mol. The van der Waals surface area contributed by atoms with Gasteiger partial charge in [0, 0.05) is 38.1 Å². The number of hydrogen-bond donors (Lipinski definition) is 0. The van der Waals surface area contributed by atoms with Gasteiger partial charge in [-0.25, -0.2) is 4.98 Å². The maximum absolute atomic E-state index is 5.16. The minimum atomic E-state index is 0.765. The van der Waals surface area contributed by atoms with E-state index in [1.54, 1.807) is 6.26 Å². The van der Waals surface area contributed by atoms with E-state index in [-0.39, 0.29) is 0 Å². The molecule has 0 N–H and O–H groups in total. The lowest BCUT2D eigenvalue weighted by atomic mass is 10.4. The molecule has 1 aromatic rings. The number of hydrogen-bond acceptors (Lipinski definition) is 4. The van der Waals surface area contributed by atoms with Crippen molar-refractivity contribution in [2.45, 2.75) is 13.5 Å². The predicted molar refractivity (Wildman–Crippen MR) is 53.8 cm³/mol. The Morgan fingerprint density at radius 1 is 1.54 bits per heavy atom. The van der Waals surface area contributed by atoms with Gasteiger partial charge >= 0.3 is 0 Å². The van der Waals surface area contributed by atoms with E-state index in [2.05, 4.69) is 9.88 Å². The first-order chi connectivity index (χ1) is 6.34. The molecule has 1 aromatic heterocycles. The summed E-state index contributed by atoms with van der Waals surface area (Å²) in [6, 6.07) is 0. The highest BCUT2D eigenvalue weighted by Gasteiger charge is 2.12. The van der Waals surface area contributed by atoms with Crippen LogP contribution in [0.25, 0.3) is 0 Å². The molecule has 2 heterocycles. The summed E-state index contributed by atoms with van der Waals surface area (Å²) in [6.45, 7) is 5.18. The Kier molecular flexibility index (Phi) is 2.90. The molecule has 0 bridgehead atoms. The predicted octanol–water partition coefficient (Wildman–Crippen LogP) is 1.53. The molecule has 1 fully saturated rings. The van der Waals surface area contributed by atoms with Crippen molar-refractivity contribution in [3.63, 3.8) is 0 Å². The molecule has 1 aliphatic heterocycles. The van der Waals surface area contributed by atoms with Crippen LogP contribution in [0.15, 0.2) is 10.7 Å². The molecule has 0 unspecified atom stereocenters. The lowest BCUT2D eigenvalue weighted by Gasteiger charge is -2.24. The number of rotatable bonds is 2. The van der Waals surface area contributed by atoms with Crippen molar-refractivity contribution < 1.29 is 4.42 Å². The molecule has 1 saturated heterocycles. The van der Waals surface area contributed by atoms with Crippen LogP contribution in [-0.2, 0) is 6.54 Å². The maximum atomic E-state index is 5.16. The van der Waals surface area contributed by atoms with E-state index >= 15 is 0 Å². The minimum absolute atomic E-state index is 0.765. The summed E-state index contributed by atoms with van der Waals surface area (Å²) in [6.07, 6.45) is 1.76. The SMILES string of the molecule is Cc1nc(CN2CCSCC2)co1. The first kappa shape index (κ1) is 9.09. The molecule has 0 radical (unpaired) electrons. The van der Waals surface area contributed by atoms with Gasteiger partial charge in [0.05, 0.1) is 5.69 Å². The summed E-state index contributed by atoms with van der Waals surface area (Å²) >= 11 is 2.03. The standard InChI is InChI=1S/C9H14N2OS/c1-8-10-9(7-12-8)6-11-2-4-13-5-3-11/h7H,2-6H2,1H3. The van der Waals surface area contributed by atoms with Crippen LogP contribution in [0.2, 0.25) is 0 Å². The molecule has 0 saturated carbocycles. The van der Waals surface area contributed by atoms with Crippen LogP contribution in [0.1, 0.15) is 11.6 Å². The van der Waals surface area contributed by atoms with Gasteiger partial charge in [-0.2, -0.15) is 11.8 Å². The maximum Gasteiger partial charge on any atom is 0.191 e. The Morgan fingerprint density at radius 3 is 2.92 bits per heavy atom. The van der Waals surface area contributed by atoms with Gasteiger partial charge in [-0.15, -0.1) is 0 Å². The van der Waals surface area contributed by atoms with Gasteiger partial charge < -0.3 is 4.42 Å². The molecule has 1 aliphatic rings. The van der Waals surface area contributed by atoms with Gasteiger partial charge in [0.1, 0.15) is 6.26 Å². The summed E-state index contributed by atoms with van der Waals surface area (Å²) in [5.41, 5.74) is 1.06. The van der Waals surface area contributed by atoms with Gasteiger partial charge in [-0.05, 0) is 0 Å². The molecule has 4 heteroatoms. The highest BCUT2D eigenvalue weighted by atomic mass is 32.2. The summed E-state index contributed by atoms with van der Waals surface area (Å²) in [4.78, 5) is 6.71. The smallest absolute Gasteiger partial charge is 0.191 e. The van der Waals surface area contributed by atoms with Crippen LogP contribution >= 0.6 is 11.8 Å². The monoisotopic (exact) mass is 198 g/mol. The van der Waals surface area contributed by atoms with Gasteiger partial charge in [-0.3, -0.25) is 4.90 Å². The molecule has 3 nitrogen and oxygen atoms in total. The Labute approximate surface area is 82.5 Å². The molecule has 13 heavy (non-hydrogen) atoms. The average Bonchev–Trinajstić information content (AvgIpc) is 2.53. The fourth-order valence-electron chi connectivity index (χ4n) is 1.47. The lowest BCUT2D eigenvalue weighted by molar-refractivity contribution is 0.291. The van der Waals surface area contributed by atoms with Crippen molar-refractivity contribution in [1.82, 2.24) is 9.88 Å². The number of aryl methyl sites for hydroxylation is 1. The van der Waals surface area contributed by atoms with Gasteiger partial charge in [0.25, 0.3) is 0 Å². The van der Waals surface area contributed by atoms with E-state index < -0.39 is 0 Å². The second-order valence-electron chi connectivity index (χ2n) is 3.25. The molecule has 72 valence electrons. The third kappa shape index (κ3) is 2.48. The molecule has 0 aliphatic carbocycles. The minimum Gasteiger partial charge on any atom is -0.449 e. The number of thioether (sulfide) groups is 1. The van der Waals surface area contributed by atoms with Crippen LogP contribution < -0.4 is 0 Å². The Morgan fingerprint density at radius 2 is 2.31 bits per heavy atom. The fraction of sp³-hybridized carbons (Fsp3) is 0.667. The molecule has 0 amide bonds. The molecular formula is C9H14N2OS. The number of nitrogens with zero attached hydrogens (tertiary/aromatic N) is 2. The summed E-state index contributed by atoms with van der Waals surface area (Å²) in [5.74, 6) is 3.26. The van der Waals surface area contributed by atoms with Gasteiger partial charge in [0.2, 0.25) is 0 Å². The highest BCUT2D eigenvalue weighted by molar-refractivity contribution is 7.99. The highest BCUT2D eigenvalue weighted by Crippen LogP contribution is 2.12. The first-order valence-electron chi connectivity index (χ1n) is 4.56. The van der Waals surface area contributed by atoms with Crippen LogP contribution in [-0.4, -0.2) is 34.5 Å². The molecule has 0 aromatic carbocycles. The first-order valence-corrected chi connectivity index (χ1v) is 5.71. The van der Waals surface area contributed by atoms with E-state index in [0.29, 0.717) is 0 Å². The topological polar surface area (TPSA) is 29.3 Å². The van der Waals surface area contributed by atoms with Crippen molar-refractivity contribution in [1.29, 1.82) is 0 Å². The zero-order valence-electron chi connectivity index (χ0n) is 7.82. The summed E-state index contributed by atoms with van der Waals surface area (Å²) in [5, 5.41) is 0. The fourth-order valence-corrected chi connectivity index (χ4v) is 2.45. The molecule has 2 rings (SSSR count). The van der Waals surface area contributed by atoms with E-state index in [4.69, 9.17) is 4.42 Å².